The quantitative estimate of drug-likeness (QED) is 0.674. The van der Waals surface area contributed by atoms with Crippen LogP contribution in [0, 0.1) is 19.7 Å². The van der Waals surface area contributed by atoms with Gasteiger partial charge in [-0.3, -0.25) is 4.79 Å². The molecule has 0 bridgehead atoms. The van der Waals surface area contributed by atoms with Crippen LogP contribution in [0.4, 0.5) is 4.39 Å². The van der Waals surface area contributed by atoms with Gasteiger partial charge in [0.25, 0.3) is 5.91 Å². The van der Waals surface area contributed by atoms with Crippen molar-refractivity contribution in [3.8, 4) is 0 Å². The first-order chi connectivity index (χ1) is 10.5. The minimum Gasteiger partial charge on any atom is -0.319 e. The first-order valence-corrected chi connectivity index (χ1v) is 7.69. The van der Waals surface area contributed by atoms with Crippen LogP contribution in [-0.2, 0) is 7.05 Å². The van der Waals surface area contributed by atoms with E-state index in [0.717, 1.165) is 15.8 Å². The van der Waals surface area contributed by atoms with Gasteiger partial charge < -0.3 is 4.57 Å². The third-order valence-corrected chi connectivity index (χ3v) is 4.79. The van der Waals surface area contributed by atoms with Gasteiger partial charge in [-0.2, -0.15) is 4.99 Å². The minimum atomic E-state index is -0.437. The summed E-state index contributed by atoms with van der Waals surface area (Å²) in [6, 6.07) is 9.77. The van der Waals surface area contributed by atoms with Crippen LogP contribution in [0.15, 0.2) is 41.4 Å². The Hall–Kier alpha value is -2.27. The van der Waals surface area contributed by atoms with Gasteiger partial charge in [-0.15, -0.1) is 0 Å². The molecule has 0 aliphatic carbocycles. The number of benzene rings is 2. The number of hydrogen-bond acceptors (Lipinski definition) is 2. The number of halogens is 1. The number of aromatic nitrogens is 1. The fourth-order valence-corrected chi connectivity index (χ4v) is 3.51. The molecular formula is C17H15FN2OS. The molecule has 1 heterocycles. The van der Waals surface area contributed by atoms with E-state index in [1.165, 1.54) is 35.1 Å². The summed E-state index contributed by atoms with van der Waals surface area (Å²) < 4.78 is 16.2. The molecule has 3 rings (SSSR count). The molecule has 0 fully saturated rings. The van der Waals surface area contributed by atoms with Crippen molar-refractivity contribution < 1.29 is 9.18 Å². The van der Waals surface area contributed by atoms with Gasteiger partial charge in [-0.1, -0.05) is 23.5 Å². The number of carbonyl (C=O) groups is 1. The molecule has 112 valence electrons. The van der Waals surface area contributed by atoms with Crippen molar-refractivity contribution in [3.63, 3.8) is 0 Å². The van der Waals surface area contributed by atoms with Crippen molar-refractivity contribution in [2.24, 2.45) is 12.0 Å². The summed E-state index contributed by atoms with van der Waals surface area (Å²) in [7, 11) is 1.88. The molecule has 1 amide bonds. The van der Waals surface area contributed by atoms with Crippen LogP contribution in [0.5, 0.6) is 0 Å². The summed E-state index contributed by atoms with van der Waals surface area (Å²) >= 11 is 1.47. The minimum absolute atomic E-state index is 0.255. The molecule has 5 heteroatoms. The lowest BCUT2D eigenvalue weighted by Gasteiger charge is -2.00. The maximum absolute atomic E-state index is 13.2. The maximum Gasteiger partial charge on any atom is 0.279 e. The molecule has 0 aliphatic heterocycles. The number of amides is 1. The molecule has 0 aliphatic rings. The molecule has 0 unspecified atom stereocenters. The number of carbonyl (C=O) groups excluding carboxylic acids is 1. The zero-order valence-corrected chi connectivity index (χ0v) is 13.4. The van der Waals surface area contributed by atoms with Crippen molar-refractivity contribution >= 4 is 27.5 Å². The highest BCUT2D eigenvalue weighted by Gasteiger charge is 2.09. The van der Waals surface area contributed by atoms with E-state index in [9.17, 15) is 9.18 Å². The summed E-state index contributed by atoms with van der Waals surface area (Å²) in [6.45, 7) is 4.09. The molecule has 3 aromatic rings. The fraction of sp³-hybridized carbons (Fsp3) is 0.176. The SMILES string of the molecule is Cc1cc(C)c2sc(=NC(=O)c3cccc(F)c3)n(C)c2c1. The van der Waals surface area contributed by atoms with Crippen LogP contribution in [0.25, 0.3) is 10.2 Å². The Morgan fingerprint density at radius 3 is 2.73 bits per heavy atom. The number of aryl methyl sites for hydroxylation is 3. The Balaban J connectivity index is 2.16. The lowest BCUT2D eigenvalue weighted by atomic mass is 10.1. The Bertz CT molecular complexity index is 953. The average Bonchev–Trinajstić information content (AvgIpc) is 2.77. The third-order valence-electron chi connectivity index (χ3n) is 3.51. The number of nitrogens with zero attached hydrogens (tertiary/aromatic N) is 2. The summed E-state index contributed by atoms with van der Waals surface area (Å²) in [5.74, 6) is -0.871. The lowest BCUT2D eigenvalue weighted by molar-refractivity contribution is 0.0997. The van der Waals surface area contributed by atoms with E-state index < -0.39 is 11.7 Å². The summed E-state index contributed by atoms with van der Waals surface area (Å²) in [5, 5.41) is 0. The van der Waals surface area contributed by atoms with Crippen LogP contribution in [0.1, 0.15) is 21.5 Å². The highest BCUT2D eigenvalue weighted by molar-refractivity contribution is 7.16. The predicted molar refractivity (Wildman–Crippen MR) is 86.6 cm³/mol. The van der Waals surface area contributed by atoms with Gasteiger partial charge in [0.15, 0.2) is 4.80 Å². The molecule has 1 aromatic heterocycles. The highest BCUT2D eigenvalue weighted by Crippen LogP contribution is 2.22. The number of rotatable bonds is 1. The lowest BCUT2D eigenvalue weighted by Crippen LogP contribution is -2.13. The standard InChI is InChI=1S/C17H15FN2OS/c1-10-7-11(2)15-14(8-10)20(3)17(22-15)19-16(21)12-5-4-6-13(18)9-12/h4-9H,1-3H3. The van der Waals surface area contributed by atoms with Crippen molar-refractivity contribution in [2.45, 2.75) is 13.8 Å². The topological polar surface area (TPSA) is 34.4 Å². The van der Waals surface area contributed by atoms with Crippen LogP contribution in [0.3, 0.4) is 0 Å². The molecule has 0 N–H and O–H groups in total. The summed E-state index contributed by atoms with van der Waals surface area (Å²) in [4.78, 5) is 17.0. The Morgan fingerprint density at radius 2 is 2.00 bits per heavy atom. The van der Waals surface area contributed by atoms with E-state index in [0.29, 0.717) is 4.80 Å². The number of thiazole rings is 1. The van der Waals surface area contributed by atoms with Crippen molar-refractivity contribution in [1.82, 2.24) is 4.57 Å². The molecule has 0 radical (unpaired) electrons. The fourth-order valence-electron chi connectivity index (χ4n) is 2.45. The van der Waals surface area contributed by atoms with E-state index in [2.05, 4.69) is 17.1 Å². The maximum atomic E-state index is 13.2. The molecule has 3 nitrogen and oxygen atoms in total. The molecule has 2 aromatic carbocycles. The predicted octanol–water partition coefficient (Wildman–Crippen LogP) is 3.74. The zero-order valence-electron chi connectivity index (χ0n) is 12.6. The summed E-state index contributed by atoms with van der Waals surface area (Å²) in [6.07, 6.45) is 0. The van der Waals surface area contributed by atoms with Gasteiger partial charge >= 0.3 is 0 Å². The number of hydrogen-bond donors (Lipinski definition) is 0. The van der Waals surface area contributed by atoms with Crippen LogP contribution >= 0.6 is 11.3 Å². The second kappa shape index (κ2) is 5.50. The highest BCUT2D eigenvalue weighted by atomic mass is 32.1. The number of fused-ring (bicyclic) bond motifs is 1. The van der Waals surface area contributed by atoms with Crippen molar-refractivity contribution in [3.05, 3.63) is 63.7 Å². The average molecular weight is 314 g/mol. The molecule has 22 heavy (non-hydrogen) atoms. The van der Waals surface area contributed by atoms with Crippen LogP contribution in [0.2, 0.25) is 0 Å². The third kappa shape index (κ3) is 2.60. The van der Waals surface area contributed by atoms with Crippen molar-refractivity contribution in [1.29, 1.82) is 0 Å². The first-order valence-electron chi connectivity index (χ1n) is 6.87. The Labute approximate surface area is 131 Å². The van der Waals surface area contributed by atoms with E-state index in [1.807, 2.05) is 25.5 Å². The molecule has 0 atom stereocenters. The Kier molecular flexibility index (Phi) is 3.66. The largest absolute Gasteiger partial charge is 0.319 e. The van der Waals surface area contributed by atoms with Gasteiger partial charge in [-0.25, -0.2) is 4.39 Å². The van der Waals surface area contributed by atoms with Gasteiger partial charge in [0, 0.05) is 12.6 Å². The zero-order chi connectivity index (χ0) is 15.9. The molecule has 0 saturated heterocycles. The monoisotopic (exact) mass is 314 g/mol. The molecule has 0 spiro atoms. The second-order valence-electron chi connectivity index (χ2n) is 5.30. The van der Waals surface area contributed by atoms with E-state index in [-0.39, 0.29) is 5.56 Å². The van der Waals surface area contributed by atoms with E-state index >= 15 is 0 Å². The van der Waals surface area contributed by atoms with Gasteiger partial charge in [0.2, 0.25) is 0 Å². The normalized spacial score (nSPS) is 12.1. The first kappa shape index (κ1) is 14.7. The Morgan fingerprint density at radius 1 is 1.23 bits per heavy atom. The summed E-state index contributed by atoms with van der Waals surface area (Å²) in [5.41, 5.74) is 3.63. The molecular weight excluding hydrogens is 299 g/mol. The second-order valence-corrected chi connectivity index (χ2v) is 6.28. The smallest absolute Gasteiger partial charge is 0.279 e. The van der Waals surface area contributed by atoms with Gasteiger partial charge in [0.05, 0.1) is 10.2 Å². The van der Waals surface area contributed by atoms with Gasteiger partial charge in [-0.05, 0) is 49.2 Å². The van der Waals surface area contributed by atoms with Gasteiger partial charge in [0.1, 0.15) is 5.82 Å². The van der Waals surface area contributed by atoms with E-state index in [4.69, 9.17) is 0 Å². The van der Waals surface area contributed by atoms with Crippen LogP contribution < -0.4 is 4.80 Å². The molecule has 0 saturated carbocycles. The van der Waals surface area contributed by atoms with E-state index in [1.54, 1.807) is 6.07 Å². The van der Waals surface area contributed by atoms with Crippen LogP contribution in [-0.4, -0.2) is 10.5 Å². The van der Waals surface area contributed by atoms with Crippen molar-refractivity contribution in [2.75, 3.05) is 0 Å².